The van der Waals surface area contributed by atoms with Gasteiger partial charge in [-0.2, -0.15) is 0 Å². The van der Waals surface area contributed by atoms with Gasteiger partial charge in [0.25, 0.3) is 0 Å². The average Bonchev–Trinajstić information content (AvgIpc) is 2.44. The topological polar surface area (TPSA) is 45.7 Å². The third-order valence-electron chi connectivity index (χ3n) is 2.67. The van der Waals surface area contributed by atoms with E-state index in [1.54, 1.807) is 12.1 Å². The highest BCUT2D eigenvalue weighted by molar-refractivity contribution is 14.0. The van der Waals surface area contributed by atoms with Crippen molar-refractivity contribution in [2.45, 2.75) is 39.7 Å². The van der Waals surface area contributed by atoms with Crippen molar-refractivity contribution in [3.8, 4) is 5.75 Å². The van der Waals surface area contributed by atoms with Crippen molar-refractivity contribution in [2.75, 3.05) is 19.7 Å². The van der Waals surface area contributed by atoms with E-state index in [0.717, 1.165) is 31.9 Å². The molecule has 6 heteroatoms. The largest absolute Gasteiger partial charge is 0.494 e. The Morgan fingerprint density at radius 1 is 1.23 bits per heavy atom. The Kier molecular flexibility index (Phi) is 11.9. The second-order valence-electron chi connectivity index (χ2n) is 5.07. The molecule has 0 bridgehead atoms. The van der Waals surface area contributed by atoms with E-state index in [0.29, 0.717) is 18.4 Å². The van der Waals surface area contributed by atoms with Crippen molar-refractivity contribution in [1.82, 2.24) is 10.6 Å². The Morgan fingerprint density at radius 3 is 2.50 bits per heavy atom. The summed E-state index contributed by atoms with van der Waals surface area (Å²) in [7, 11) is 0. The van der Waals surface area contributed by atoms with Gasteiger partial charge >= 0.3 is 0 Å². The van der Waals surface area contributed by atoms with Crippen molar-refractivity contribution in [2.24, 2.45) is 4.99 Å². The maximum atomic E-state index is 12.7. The van der Waals surface area contributed by atoms with E-state index in [-0.39, 0.29) is 29.8 Å². The molecule has 0 amide bonds. The number of hydrogen-bond donors (Lipinski definition) is 2. The Labute approximate surface area is 149 Å². The predicted octanol–water partition coefficient (Wildman–Crippen LogP) is 3.57. The molecular weight excluding hydrogens is 396 g/mol. The fourth-order valence-corrected chi connectivity index (χ4v) is 1.72. The summed E-state index contributed by atoms with van der Waals surface area (Å²) in [5.41, 5.74) is 0. The third-order valence-corrected chi connectivity index (χ3v) is 2.67. The van der Waals surface area contributed by atoms with Crippen LogP contribution in [0.3, 0.4) is 0 Å². The van der Waals surface area contributed by atoms with Gasteiger partial charge in [-0.1, -0.05) is 0 Å². The molecule has 0 radical (unpaired) electrons. The fraction of sp³-hybridized carbons (Fsp3) is 0.562. The summed E-state index contributed by atoms with van der Waals surface area (Å²) in [6, 6.07) is 6.46. The van der Waals surface area contributed by atoms with Gasteiger partial charge in [0.15, 0.2) is 5.96 Å². The number of guanidine groups is 1. The van der Waals surface area contributed by atoms with Gasteiger partial charge in [-0.05, 0) is 57.9 Å². The average molecular weight is 423 g/mol. The maximum absolute atomic E-state index is 12.7. The zero-order valence-corrected chi connectivity index (χ0v) is 15.9. The lowest BCUT2D eigenvalue weighted by molar-refractivity contribution is 0.307. The summed E-state index contributed by atoms with van der Waals surface area (Å²) in [5.74, 6) is 1.31. The normalized spacial score (nSPS) is 11.0. The summed E-state index contributed by atoms with van der Waals surface area (Å²) < 4.78 is 18.3. The van der Waals surface area contributed by atoms with E-state index in [2.05, 4.69) is 29.5 Å². The Bertz CT molecular complexity index is 424. The molecule has 0 spiro atoms. The van der Waals surface area contributed by atoms with Gasteiger partial charge in [0.05, 0.1) is 6.61 Å². The van der Waals surface area contributed by atoms with Crippen LogP contribution in [0, 0.1) is 5.82 Å². The third kappa shape index (κ3) is 9.81. The molecule has 126 valence electrons. The Balaban J connectivity index is 0.00000441. The van der Waals surface area contributed by atoms with Crippen molar-refractivity contribution < 1.29 is 9.13 Å². The number of unbranched alkanes of at least 4 members (excludes halogenated alkanes) is 1. The number of ether oxygens (including phenoxy) is 1. The zero-order chi connectivity index (χ0) is 15.5. The van der Waals surface area contributed by atoms with E-state index in [1.807, 2.05) is 6.92 Å². The van der Waals surface area contributed by atoms with Crippen LogP contribution in [0.1, 0.15) is 33.6 Å². The minimum Gasteiger partial charge on any atom is -0.494 e. The molecule has 0 atom stereocenters. The number of rotatable bonds is 8. The second kappa shape index (κ2) is 12.5. The fourth-order valence-electron chi connectivity index (χ4n) is 1.72. The van der Waals surface area contributed by atoms with Crippen LogP contribution in [0.4, 0.5) is 4.39 Å². The molecular formula is C16H27FIN3O. The van der Waals surface area contributed by atoms with Crippen LogP contribution in [-0.2, 0) is 0 Å². The molecule has 0 aromatic heterocycles. The van der Waals surface area contributed by atoms with Crippen LogP contribution in [0.15, 0.2) is 29.3 Å². The molecule has 1 rings (SSSR count). The first-order valence-electron chi connectivity index (χ1n) is 7.55. The molecule has 0 aliphatic rings. The molecule has 0 heterocycles. The minimum atomic E-state index is -0.245. The summed E-state index contributed by atoms with van der Waals surface area (Å²) in [6.45, 7) is 8.46. The smallest absolute Gasteiger partial charge is 0.191 e. The first-order valence-corrected chi connectivity index (χ1v) is 7.55. The maximum Gasteiger partial charge on any atom is 0.191 e. The molecule has 1 aromatic rings. The van der Waals surface area contributed by atoms with Crippen LogP contribution >= 0.6 is 24.0 Å². The van der Waals surface area contributed by atoms with Crippen molar-refractivity contribution in [3.63, 3.8) is 0 Å². The lowest BCUT2D eigenvalue weighted by Crippen LogP contribution is -2.41. The van der Waals surface area contributed by atoms with Gasteiger partial charge < -0.3 is 15.4 Å². The molecule has 0 saturated heterocycles. The lowest BCUT2D eigenvalue weighted by Gasteiger charge is -2.13. The molecule has 0 saturated carbocycles. The molecule has 0 unspecified atom stereocenters. The number of nitrogens with one attached hydrogen (secondary N) is 2. The first kappa shape index (κ1) is 20.9. The van der Waals surface area contributed by atoms with Crippen LogP contribution in [0.2, 0.25) is 0 Å². The van der Waals surface area contributed by atoms with E-state index >= 15 is 0 Å². The number of nitrogens with zero attached hydrogens (tertiary/aromatic N) is 1. The minimum absolute atomic E-state index is 0. The Hall–Kier alpha value is -1.05. The second-order valence-corrected chi connectivity index (χ2v) is 5.07. The van der Waals surface area contributed by atoms with Crippen LogP contribution < -0.4 is 15.4 Å². The Morgan fingerprint density at radius 2 is 1.91 bits per heavy atom. The monoisotopic (exact) mass is 423 g/mol. The summed E-state index contributed by atoms with van der Waals surface area (Å²) in [4.78, 5) is 4.50. The standard InChI is InChI=1S/C16H26FN3O.HI/c1-4-18-16(20-13(2)3)19-11-5-6-12-21-15-9-7-14(17)8-10-15;/h7-10,13H,4-6,11-12H2,1-3H3,(H2,18,19,20);1H. The van der Waals surface area contributed by atoms with Gasteiger partial charge in [0, 0.05) is 19.1 Å². The lowest BCUT2D eigenvalue weighted by atomic mass is 10.3. The van der Waals surface area contributed by atoms with Crippen LogP contribution in [-0.4, -0.2) is 31.7 Å². The molecule has 2 N–H and O–H groups in total. The van der Waals surface area contributed by atoms with E-state index in [9.17, 15) is 4.39 Å². The highest BCUT2D eigenvalue weighted by Gasteiger charge is 1.99. The summed E-state index contributed by atoms with van der Waals surface area (Å²) in [5, 5.41) is 6.48. The molecule has 22 heavy (non-hydrogen) atoms. The van der Waals surface area contributed by atoms with E-state index in [4.69, 9.17) is 4.74 Å². The number of benzene rings is 1. The highest BCUT2D eigenvalue weighted by Crippen LogP contribution is 2.11. The van der Waals surface area contributed by atoms with Crippen molar-refractivity contribution >= 4 is 29.9 Å². The van der Waals surface area contributed by atoms with Gasteiger partial charge in [0.2, 0.25) is 0 Å². The van der Waals surface area contributed by atoms with Crippen molar-refractivity contribution in [3.05, 3.63) is 30.1 Å². The summed E-state index contributed by atoms with van der Waals surface area (Å²) >= 11 is 0. The molecule has 1 aromatic carbocycles. The molecule has 0 aliphatic heterocycles. The van der Waals surface area contributed by atoms with Gasteiger partial charge in [-0.25, -0.2) is 4.39 Å². The SMILES string of the molecule is CCNC(=NCCCCOc1ccc(F)cc1)NC(C)C.I. The quantitative estimate of drug-likeness (QED) is 0.291. The molecule has 0 fully saturated rings. The van der Waals surface area contributed by atoms with Gasteiger partial charge in [-0.3, -0.25) is 4.99 Å². The summed E-state index contributed by atoms with van der Waals surface area (Å²) in [6.07, 6.45) is 1.87. The van der Waals surface area contributed by atoms with Gasteiger partial charge in [-0.15, -0.1) is 24.0 Å². The van der Waals surface area contributed by atoms with Crippen LogP contribution in [0.5, 0.6) is 5.75 Å². The number of halogens is 2. The predicted molar refractivity (Wildman–Crippen MR) is 101 cm³/mol. The van der Waals surface area contributed by atoms with E-state index < -0.39 is 0 Å². The van der Waals surface area contributed by atoms with E-state index in [1.165, 1.54) is 12.1 Å². The number of aliphatic imine (C=N–C) groups is 1. The first-order chi connectivity index (χ1) is 10.1. The van der Waals surface area contributed by atoms with Gasteiger partial charge in [0.1, 0.15) is 11.6 Å². The molecule has 0 aliphatic carbocycles. The van der Waals surface area contributed by atoms with Crippen molar-refractivity contribution in [1.29, 1.82) is 0 Å². The highest BCUT2D eigenvalue weighted by atomic mass is 127. The number of hydrogen-bond acceptors (Lipinski definition) is 2. The molecule has 4 nitrogen and oxygen atoms in total. The van der Waals surface area contributed by atoms with Crippen LogP contribution in [0.25, 0.3) is 0 Å². The zero-order valence-electron chi connectivity index (χ0n) is 13.6.